The van der Waals surface area contributed by atoms with Crippen LogP contribution in [0.4, 0.5) is 4.39 Å². The molecule has 132 valence electrons. The summed E-state index contributed by atoms with van der Waals surface area (Å²) in [6.07, 6.45) is 1.11. The van der Waals surface area contributed by atoms with E-state index in [1.54, 1.807) is 29.5 Å². The molecule has 3 rings (SSSR count). The molecule has 1 saturated heterocycles. The molecule has 0 aliphatic carbocycles. The fourth-order valence-electron chi connectivity index (χ4n) is 2.64. The molecule has 1 aliphatic rings. The molecule has 1 aromatic carbocycles. The lowest BCUT2D eigenvalue weighted by Gasteiger charge is -2.28. The Morgan fingerprint density at radius 1 is 1.28 bits per heavy atom. The molecule has 0 unspecified atom stereocenters. The highest BCUT2D eigenvalue weighted by atomic mass is 32.2. The molecule has 0 spiro atoms. The molecule has 25 heavy (non-hydrogen) atoms. The minimum atomic E-state index is -0.530. The van der Waals surface area contributed by atoms with Gasteiger partial charge in [-0.2, -0.15) is 0 Å². The largest absolute Gasteiger partial charge is 0.354 e. The molecule has 1 aliphatic heterocycles. The van der Waals surface area contributed by atoms with Crippen molar-refractivity contribution in [3.8, 4) is 0 Å². The van der Waals surface area contributed by atoms with Gasteiger partial charge in [0.2, 0.25) is 11.8 Å². The van der Waals surface area contributed by atoms with Crippen LogP contribution in [-0.4, -0.2) is 35.4 Å². The molecule has 2 aromatic rings. The monoisotopic (exact) mass is 378 g/mol. The number of carbonyl (C=O) groups excluding carboxylic acids is 2. The van der Waals surface area contributed by atoms with Crippen LogP contribution < -0.4 is 10.6 Å². The molecule has 0 radical (unpaired) electrons. The summed E-state index contributed by atoms with van der Waals surface area (Å²) in [4.78, 5) is 25.7. The second-order valence-electron chi connectivity index (χ2n) is 5.80. The van der Waals surface area contributed by atoms with Crippen molar-refractivity contribution in [3.63, 3.8) is 0 Å². The molecule has 2 amide bonds. The van der Waals surface area contributed by atoms with E-state index >= 15 is 0 Å². The zero-order valence-corrected chi connectivity index (χ0v) is 15.2. The Morgan fingerprint density at radius 2 is 2.12 bits per heavy atom. The topological polar surface area (TPSA) is 58.2 Å². The molecule has 2 atom stereocenters. The highest BCUT2D eigenvalue weighted by Gasteiger charge is 2.32. The Hall–Kier alpha value is -1.86. The summed E-state index contributed by atoms with van der Waals surface area (Å²) in [5.74, 6) is -0.181. The van der Waals surface area contributed by atoms with Gasteiger partial charge >= 0.3 is 0 Å². The predicted molar refractivity (Wildman–Crippen MR) is 99.3 cm³/mol. The second kappa shape index (κ2) is 8.49. The summed E-state index contributed by atoms with van der Waals surface area (Å²) in [5, 5.41) is 7.26. The summed E-state index contributed by atoms with van der Waals surface area (Å²) in [7, 11) is 0. The first-order valence-corrected chi connectivity index (χ1v) is 10.0. The lowest BCUT2D eigenvalue weighted by atomic mass is 10.1. The lowest BCUT2D eigenvalue weighted by Crippen LogP contribution is -2.54. The van der Waals surface area contributed by atoms with Gasteiger partial charge in [-0.05, 0) is 35.9 Å². The van der Waals surface area contributed by atoms with Gasteiger partial charge in [0.25, 0.3) is 0 Å². The highest BCUT2D eigenvalue weighted by Crippen LogP contribution is 2.23. The van der Waals surface area contributed by atoms with Crippen LogP contribution in [0.15, 0.2) is 41.8 Å². The SMILES string of the molecule is O=C(NCCc1cccs1)[C@@H]1CS[C@@H](Cc2ccccc2F)C(=O)N1. The van der Waals surface area contributed by atoms with Crippen molar-refractivity contribution >= 4 is 34.9 Å². The molecule has 2 N–H and O–H groups in total. The first-order valence-electron chi connectivity index (χ1n) is 8.09. The first kappa shape index (κ1) is 17.9. The number of halogens is 1. The standard InChI is InChI=1S/C18H19FN2O2S2/c19-14-6-2-1-4-12(14)10-16-18(23)21-15(11-25-16)17(22)20-8-7-13-5-3-9-24-13/h1-6,9,15-16H,7-8,10-11H2,(H,20,22)(H,21,23)/t15-,16-/m0/s1. The highest BCUT2D eigenvalue weighted by molar-refractivity contribution is 8.00. The number of thioether (sulfide) groups is 1. The van der Waals surface area contributed by atoms with Crippen LogP contribution in [0, 0.1) is 5.82 Å². The van der Waals surface area contributed by atoms with Crippen LogP contribution in [0.1, 0.15) is 10.4 Å². The zero-order chi connectivity index (χ0) is 17.6. The molecular formula is C18H19FN2O2S2. The Bertz CT molecular complexity index is 736. The number of hydrogen-bond donors (Lipinski definition) is 2. The normalized spacial score (nSPS) is 20.1. The first-order chi connectivity index (χ1) is 12.1. The maximum absolute atomic E-state index is 13.7. The van der Waals surface area contributed by atoms with Crippen molar-refractivity contribution < 1.29 is 14.0 Å². The third-order valence-electron chi connectivity index (χ3n) is 4.00. The smallest absolute Gasteiger partial charge is 0.243 e. The molecule has 1 aromatic heterocycles. The number of benzene rings is 1. The molecule has 0 bridgehead atoms. The minimum absolute atomic E-state index is 0.165. The van der Waals surface area contributed by atoms with E-state index in [9.17, 15) is 14.0 Å². The number of amides is 2. The van der Waals surface area contributed by atoms with E-state index in [1.807, 2.05) is 17.5 Å². The van der Waals surface area contributed by atoms with E-state index < -0.39 is 6.04 Å². The van der Waals surface area contributed by atoms with Gasteiger partial charge in [0.15, 0.2) is 0 Å². The number of thiophene rings is 1. The summed E-state index contributed by atoms with van der Waals surface area (Å²) in [5.41, 5.74) is 0.522. The number of rotatable bonds is 6. The maximum Gasteiger partial charge on any atom is 0.243 e. The van der Waals surface area contributed by atoms with E-state index in [-0.39, 0.29) is 22.9 Å². The van der Waals surface area contributed by atoms with E-state index in [1.165, 1.54) is 22.7 Å². The summed E-state index contributed by atoms with van der Waals surface area (Å²) in [6, 6.07) is 9.95. The van der Waals surface area contributed by atoms with Crippen LogP contribution in [0.25, 0.3) is 0 Å². The van der Waals surface area contributed by atoms with Gasteiger partial charge in [-0.25, -0.2) is 4.39 Å². The van der Waals surface area contributed by atoms with Gasteiger partial charge in [-0.15, -0.1) is 23.1 Å². The minimum Gasteiger partial charge on any atom is -0.354 e. The number of carbonyl (C=O) groups is 2. The summed E-state index contributed by atoms with van der Waals surface area (Å²) in [6.45, 7) is 0.551. The van der Waals surface area contributed by atoms with Crippen LogP contribution in [0.3, 0.4) is 0 Å². The van der Waals surface area contributed by atoms with Gasteiger partial charge in [0.05, 0.1) is 5.25 Å². The van der Waals surface area contributed by atoms with Crippen molar-refractivity contribution in [2.75, 3.05) is 12.3 Å². The second-order valence-corrected chi connectivity index (χ2v) is 8.07. The molecule has 2 heterocycles. The van der Waals surface area contributed by atoms with Gasteiger partial charge in [0, 0.05) is 17.2 Å². The van der Waals surface area contributed by atoms with E-state index in [0.29, 0.717) is 24.3 Å². The number of hydrogen-bond acceptors (Lipinski definition) is 4. The van der Waals surface area contributed by atoms with Crippen molar-refractivity contribution in [3.05, 3.63) is 58.0 Å². The van der Waals surface area contributed by atoms with Crippen LogP contribution in [-0.2, 0) is 22.4 Å². The zero-order valence-electron chi connectivity index (χ0n) is 13.5. The molecule has 7 heteroatoms. The molecule has 0 saturated carbocycles. The van der Waals surface area contributed by atoms with Crippen molar-refractivity contribution in [2.45, 2.75) is 24.1 Å². The molecule has 1 fully saturated rings. The number of nitrogens with one attached hydrogen (secondary N) is 2. The third-order valence-corrected chi connectivity index (χ3v) is 6.25. The average Bonchev–Trinajstić information content (AvgIpc) is 3.12. The van der Waals surface area contributed by atoms with E-state index in [0.717, 1.165) is 6.42 Å². The van der Waals surface area contributed by atoms with Crippen LogP contribution in [0.5, 0.6) is 0 Å². The summed E-state index contributed by atoms with van der Waals surface area (Å²) >= 11 is 3.06. The Morgan fingerprint density at radius 3 is 2.84 bits per heavy atom. The predicted octanol–water partition coefficient (Wildman–Crippen LogP) is 2.39. The van der Waals surface area contributed by atoms with Gasteiger partial charge in [-0.1, -0.05) is 24.3 Å². The maximum atomic E-state index is 13.7. The lowest BCUT2D eigenvalue weighted by molar-refractivity contribution is -0.128. The van der Waals surface area contributed by atoms with Crippen LogP contribution in [0.2, 0.25) is 0 Å². The fraction of sp³-hybridized carbons (Fsp3) is 0.333. The Kier molecular flexibility index (Phi) is 6.09. The fourth-order valence-corrected chi connectivity index (χ4v) is 4.52. The van der Waals surface area contributed by atoms with Gasteiger partial charge in [0.1, 0.15) is 11.9 Å². The van der Waals surface area contributed by atoms with Crippen molar-refractivity contribution in [1.82, 2.24) is 10.6 Å². The van der Waals surface area contributed by atoms with E-state index in [4.69, 9.17) is 0 Å². The average molecular weight is 378 g/mol. The molecular weight excluding hydrogens is 359 g/mol. The summed E-state index contributed by atoms with van der Waals surface area (Å²) < 4.78 is 13.7. The van der Waals surface area contributed by atoms with Gasteiger partial charge in [-0.3, -0.25) is 9.59 Å². The van der Waals surface area contributed by atoms with Crippen molar-refractivity contribution in [1.29, 1.82) is 0 Å². The Balaban J connectivity index is 1.47. The van der Waals surface area contributed by atoms with Gasteiger partial charge < -0.3 is 10.6 Å². The quantitative estimate of drug-likeness (QED) is 0.812. The van der Waals surface area contributed by atoms with Crippen molar-refractivity contribution in [2.24, 2.45) is 0 Å². The Labute approximate surface area is 154 Å². The van der Waals surface area contributed by atoms with E-state index in [2.05, 4.69) is 10.6 Å². The third kappa shape index (κ3) is 4.83. The molecule has 4 nitrogen and oxygen atoms in total. The van der Waals surface area contributed by atoms with Crippen LogP contribution >= 0.6 is 23.1 Å².